The van der Waals surface area contributed by atoms with Gasteiger partial charge in [-0.3, -0.25) is 4.79 Å². The number of pyridine rings is 1. The summed E-state index contributed by atoms with van der Waals surface area (Å²) in [4.78, 5) is 12.3. The molecule has 0 aliphatic carbocycles. The first kappa shape index (κ1) is 11.5. The van der Waals surface area contributed by atoms with Crippen molar-refractivity contribution in [1.82, 2.24) is 4.57 Å². The van der Waals surface area contributed by atoms with Crippen LogP contribution in [-0.4, -0.2) is 4.57 Å². The van der Waals surface area contributed by atoms with E-state index in [4.69, 9.17) is 0 Å². The molecule has 1 aromatic heterocycles. The van der Waals surface area contributed by atoms with Crippen molar-refractivity contribution in [2.75, 3.05) is 5.32 Å². The number of anilines is 2. The number of hydrogen-bond acceptors (Lipinski definition) is 2. The molecule has 94 valence electrons. The van der Waals surface area contributed by atoms with Crippen LogP contribution in [0.4, 0.5) is 11.4 Å². The van der Waals surface area contributed by atoms with Gasteiger partial charge in [-0.05, 0) is 24.3 Å². The van der Waals surface area contributed by atoms with Crippen LogP contribution in [0.1, 0.15) is 0 Å². The van der Waals surface area contributed by atoms with Crippen LogP contribution in [0.2, 0.25) is 0 Å². The summed E-state index contributed by atoms with van der Waals surface area (Å²) in [5.74, 6) is 0. The van der Waals surface area contributed by atoms with Crippen LogP contribution in [-0.2, 0) is 7.05 Å². The molecule has 2 aromatic carbocycles. The Bertz CT molecular complexity index is 776. The molecule has 0 bridgehead atoms. The lowest BCUT2D eigenvalue weighted by molar-refractivity contribution is 0.909. The second-order valence-corrected chi connectivity index (χ2v) is 4.47. The van der Waals surface area contributed by atoms with E-state index in [0.29, 0.717) is 5.69 Å². The molecule has 0 saturated heterocycles. The predicted molar refractivity (Wildman–Crippen MR) is 78.9 cm³/mol. The third kappa shape index (κ3) is 2.10. The van der Waals surface area contributed by atoms with Gasteiger partial charge in [0.2, 0.25) is 0 Å². The number of aromatic nitrogens is 1. The van der Waals surface area contributed by atoms with Gasteiger partial charge in [-0.1, -0.05) is 36.4 Å². The van der Waals surface area contributed by atoms with E-state index >= 15 is 0 Å². The van der Waals surface area contributed by atoms with Gasteiger partial charge in [0.15, 0.2) is 0 Å². The van der Waals surface area contributed by atoms with Crippen LogP contribution < -0.4 is 10.9 Å². The highest BCUT2D eigenvalue weighted by Gasteiger charge is 2.06. The van der Waals surface area contributed by atoms with E-state index < -0.39 is 0 Å². The monoisotopic (exact) mass is 250 g/mol. The Kier molecular flexibility index (Phi) is 2.80. The van der Waals surface area contributed by atoms with Gasteiger partial charge in [0.25, 0.3) is 5.56 Å². The Hall–Kier alpha value is -2.55. The molecule has 3 nitrogen and oxygen atoms in total. The molecule has 19 heavy (non-hydrogen) atoms. The molecule has 3 rings (SSSR count). The molecule has 0 fully saturated rings. The van der Waals surface area contributed by atoms with Crippen molar-refractivity contribution >= 4 is 22.3 Å². The van der Waals surface area contributed by atoms with Gasteiger partial charge < -0.3 is 9.88 Å². The summed E-state index contributed by atoms with van der Waals surface area (Å²) in [7, 11) is 1.79. The van der Waals surface area contributed by atoms with Crippen molar-refractivity contribution in [3.63, 3.8) is 0 Å². The summed E-state index contributed by atoms with van der Waals surface area (Å²) in [6.07, 6.45) is 0. The van der Waals surface area contributed by atoms with Crippen molar-refractivity contribution in [2.45, 2.75) is 0 Å². The van der Waals surface area contributed by atoms with Crippen LogP contribution in [0.5, 0.6) is 0 Å². The van der Waals surface area contributed by atoms with Crippen LogP contribution in [0, 0.1) is 0 Å². The highest BCUT2D eigenvalue weighted by atomic mass is 16.1. The maximum atomic E-state index is 12.3. The molecule has 0 amide bonds. The molecule has 3 heteroatoms. The second kappa shape index (κ2) is 4.61. The van der Waals surface area contributed by atoms with Crippen LogP contribution in [0.3, 0.4) is 0 Å². The number of nitrogens with zero attached hydrogens (tertiary/aromatic N) is 1. The van der Waals surface area contributed by atoms with E-state index in [0.717, 1.165) is 16.6 Å². The average Bonchev–Trinajstić information content (AvgIpc) is 2.46. The highest BCUT2D eigenvalue weighted by Crippen LogP contribution is 2.18. The zero-order valence-corrected chi connectivity index (χ0v) is 10.6. The Morgan fingerprint density at radius 3 is 2.42 bits per heavy atom. The number of rotatable bonds is 2. The fourth-order valence-corrected chi connectivity index (χ4v) is 2.19. The van der Waals surface area contributed by atoms with Gasteiger partial charge >= 0.3 is 0 Å². The lowest BCUT2D eigenvalue weighted by Crippen LogP contribution is -2.19. The number of fused-ring (bicyclic) bond motifs is 1. The minimum atomic E-state index is -0.0254. The fourth-order valence-electron chi connectivity index (χ4n) is 2.19. The SMILES string of the molecule is Cn1c(=O)c(Nc2ccccc2)cc2ccccc21. The fraction of sp³-hybridized carbons (Fsp3) is 0.0625. The molecule has 0 saturated carbocycles. The lowest BCUT2D eigenvalue weighted by Gasteiger charge is -2.10. The zero-order chi connectivity index (χ0) is 13.2. The Morgan fingerprint density at radius 1 is 0.947 bits per heavy atom. The first-order chi connectivity index (χ1) is 9.25. The lowest BCUT2D eigenvalue weighted by atomic mass is 10.2. The average molecular weight is 250 g/mol. The van der Waals surface area contributed by atoms with Crippen LogP contribution >= 0.6 is 0 Å². The maximum absolute atomic E-state index is 12.3. The molecule has 0 unspecified atom stereocenters. The Morgan fingerprint density at radius 2 is 1.63 bits per heavy atom. The van der Waals surface area contributed by atoms with E-state index in [1.165, 1.54) is 0 Å². The molecular weight excluding hydrogens is 236 g/mol. The standard InChI is InChI=1S/C16H14N2O/c1-18-15-10-6-5-7-12(15)11-14(16(18)19)17-13-8-3-2-4-9-13/h2-11,17H,1H3. The van der Waals surface area contributed by atoms with Gasteiger partial charge in [-0.25, -0.2) is 0 Å². The molecule has 1 heterocycles. The first-order valence-electron chi connectivity index (χ1n) is 6.16. The van der Waals surface area contributed by atoms with E-state index in [9.17, 15) is 4.79 Å². The molecule has 0 aliphatic heterocycles. The Balaban J connectivity index is 2.14. The van der Waals surface area contributed by atoms with Crippen molar-refractivity contribution in [3.05, 3.63) is 71.0 Å². The zero-order valence-electron chi connectivity index (χ0n) is 10.6. The quantitative estimate of drug-likeness (QED) is 0.757. The molecule has 0 atom stereocenters. The van der Waals surface area contributed by atoms with Crippen molar-refractivity contribution in [2.24, 2.45) is 7.05 Å². The normalized spacial score (nSPS) is 10.6. The van der Waals surface area contributed by atoms with E-state index in [2.05, 4.69) is 5.32 Å². The van der Waals surface area contributed by atoms with Gasteiger partial charge in [0, 0.05) is 18.1 Å². The predicted octanol–water partition coefficient (Wildman–Crippen LogP) is 3.28. The summed E-state index contributed by atoms with van der Waals surface area (Å²) in [5.41, 5.74) is 2.41. The van der Waals surface area contributed by atoms with Crippen LogP contribution in [0.15, 0.2) is 65.5 Å². The topological polar surface area (TPSA) is 34.0 Å². The van der Waals surface area contributed by atoms with Gasteiger partial charge in [0.1, 0.15) is 5.69 Å². The minimum absolute atomic E-state index is 0.0254. The molecular formula is C16H14N2O. The molecule has 0 spiro atoms. The van der Waals surface area contributed by atoms with E-state index in [-0.39, 0.29) is 5.56 Å². The summed E-state index contributed by atoms with van der Waals surface area (Å²) in [6.45, 7) is 0. The summed E-state index contributed by atoms with van der Waals surface area (Å²) < 4.78 is 1.67. The number of hydrogen-bond donors (Lipinski definition) is 1. The minimum Gasteiger partial charge on any atom is -0.351 e. The summed E-state index contributed by atoms with van der Waals surface area (Å²) in [6, 6.07) is 19.5. The van der Waals surface area contributed by atoms with Crippen molar-refractivity contribution in [3.8, 4) is 0 Å². The maximum Gasteiger partial charge on any atom is 0.274 e. The van der Waals surface area contributed by atoms with Crippen molar-refractivity contribution in [1.29, 1.82) is 0 Å². The molecule has 0 aliphatic rings. The largest absolute Gasteiger partial charge is 0.351 e. The molecule has 3 aromatic rings. The number of para-hydroxylation sites is 2. The first-order valence-corrected chi connectivity index (χ1v) is 6.16. The number of benzene rings is 2. The molecule has 1 N–H and O–H groups in total. The Labute approximate surface area is 111 Å². The van der Waals surface area contributed by atoms with E-state index in [1.54, 1.807) is 11.6 Å². The highest BCUT2D eigenvalue weighted by molar-refractivity contribution is 5.83. The van der Waals surface area contributed by atoms with Gasteiger partial charge in [-0.2, -0.15) is 0 Å². The number of nitrogens with one attached hydrogen (secondary N) is 1. The number of aryl methyl sites for hydroxylation is 1. The van der Waals surface area contributed by atoms with Gasteiger partial charge in [-0.15, -0.1) is 0 Å². The second-order valence-electron chi connectivity index (χ2n) is 4.47. The van der Waals surface area contributed by atoms with E-state index in [1.807, 2.05) is 60.7 Å². The van der Waals surface area contributed by atoms with Crippen LogP contribution in [0.25, 0.3) is 10.9 Å². The van der Waals surface area contributed by atoms with Gasteiger partial charge in [0.05, 0.1) is 5.52 Å². The summed E-state index contributed by atoms with van der Waals surface area (Å²) >= 11 is 0. The van der Waals surface area contributed by atoms with Crippen molar-refractivity contribution < 1.29 is 0 Å². The third-order valence-electron chi connectivity index (χ3n) is 3.19. The third-order valence-corrected chi connectivity index (χ3v) is 3.19. The summed E-state index contributed by atoms with van der Waals surface area (Å²) in [5, 5.41) is 4.22. The smallest absolute Gasteiger partial charge is 0.274 e. The molecule has 0 radical (unpaired) electrons.